The second-order valence-electron chi connectivity index (χ2n) is 4.12. The van der Waals surface area contributed by atoms with Crippen molar-refractivity contribution in [2.75, 3.05) is 0 Å². The molecule has 2 N–H and O–H groups in total. The van der Waals surface area contributed by atoms with Crippen LogP contribution in [0.5, 0.6) is 0 Å². The van der Waals surface area contributed by atoms with E-state index in [0.29, 0.717) is 19.3 Å². The van der Waals surface area contributed by atoms with Crippen LogP contribution >= 0.6 is 22.6 Å². The lowest BCUT2D eigenvalue weighted by molar-refractivity contribution is 0.0444. The molecule has 0 radical (unpaired) electrons. The summed E-state index contributed by atoms with van der Waals surface area (Å²) >= 11 is 2.25. The Labute approximate surface area is 97.0 Å². The van der Waals surface area contributed by atoms with Crippen LogP contribution in [0.15, 0.2) is 24.3 Å². The maximum atomic E-state index is 13.9. The summed E-state index contributed by atoms with van der Waals surface area (Å²) < 4.78 is 15.0. The monoisotopic (exact) mass is 305 g/mol. The van der Waals surface area contributed by atoms with Crippen LogP contribution in [0, 0.1) is 3.57 Å². The standard InChI is InChI=1S/C11H13FIN/c12-11(6-10(14)7-11)5-8-1-3-9(13)4-2-8/h1-4,10H,5-7,14H2. The molecule has 0 bridgehead atoms. The van der Waals surface area contributed by atoms with E-state index in [1.165, 1.54) is 3.57 Å². The van der Waals surface area contributed by atoms with Gasteiger partial charge in [-0.3, -0.25) is 0 Å². The molecule has 1 aromatic carbocycles. The van der Waals surface area contributed by atoms with Crippen molar-refractivity contribution in [3.63, 3.8) is 0 Å². The fourth-order valence-corrected chi connectivity index (χ4v) is 2.35. The Morgan fingerprint density at radius 1 is 1.36 bits per heavy atom. The Morgan fingerprint density at radius 2 is 1.93 bits per heavy atom. The maximum absolute atomic E-state index is 13.9. The van der Waals surface area contributed by atoms with Crippen molar-refractivity contribution >= 4 is 22.6 Å². The van der Waals surface area contributed by atoms with Crippen LogP contribution in [-0.2, 0) is 6.42 Å². The van der Waals surface area contributed by atoms with Crippen LogP contribution in [0.4, 0.5) is 4.39 Å². The van der Waals surface area contributed by atoms with Crippen LogP contribution in [-0.4, -0.2) is 11.7 Å². The quantitative estimate of drug-likeness (QED) is 0.835. The van der Waals surface area contributed by atoms with Crippen LogP contribution in [0.3, 0.4) is 0 Å². The molecule has 0 amide bonds. The van der Waals surface area contributed by atoms with Crippen molar-refractivity contribution in [2.24, 2.45) is 5.73 Å². The summed E-state index contributed by atoms with van der Waals surface area (Å²) in [7, 11) is 0. The number of hydrogen-bond donors (Lipinski definition) is 1. The zero-order valence-corrected chi connectivity index (χ0v) is 10.00. The number of alkyl halides is 1. The fraction of sp³-hybridized carbons (Fsp3) is 0.455. The molecular weight excluding hydrogens is 292 g/mol. The number of rotatable bonds is 2. The third-order valence-electron chi connectivity index (χ3n) is 2.69. The molecule has 1 aromatic rings. The van der Waals surface area contributed by atoms with Gasteiger partial charge in [0.1, 0.15) is 5.67 Å². The summed E-state index contributed by atoms with van der Waals surface area (Å²) in [6, 6.07) is 8.08. The average Bonchev–Trinajstić information content (AvgIpc) is 2.07. The predicted molar refractivity (Wildman–Crippen MR) is 63.9 cm³/mol. The smallest absolute Gasteiger partial charge is 0.118 e. The van der Waals surface area contributed by atoms with Crippen LogP contribution in [0.25, 0.3) is 0 Å². The topological polar surface area (TPSA) is 26.0 Å². The zero-order chi connectivity index (χ0) is 10.2. The lowest BCUT2D eigenvalue weighted by Crippen LogP contribution is -2.49. The van der Waals surface area contributed by atoms with Crippen molar-refractivity contribution in [2.45, 2.75) is 31.0 Å². The molecule has 0 atom stereocenters. The molecule has 0 spiro atoms. The van der Waals surface area contributed by atoms with E-state index in [-0.39, 0.29) is 6.04 Å². The lowest BCUT2D eigenvalue weighted by atomic mass is 9.74. The Kier molecular flexibility index (Phi) is 2.79. The summed E-state index contributed by atoms with van der Waals surface area (Å²) in [6.45, 7) is 0. The molecule has 1 aliphatic rings. The van der Waals surface area contributed by atoms with Crippen molar-refractivity contribution in [3.05, 3.63) is 33.4 Å². The van der Waals surface area contributed by atoms with E-state index in [4.69, 9.17) is 5.73 Å². The van der Waals surface area contributed by atoms with Gasteiger partial charge in [0.2, 0.25) is 0 Å². The van der Waals surface area contributed by atoms with Gasteiger partial charge in [-0.1, -0.05) is 12.1 Å². The third-order valence-corrected chi connectivity index (χ3v) is 3.41. The second kappa shape index (κ2) is 3.77. The summed E-state index contributed by atoms with van der Waals surface area (Å²) in [5, 5.41) is 0. The lowest BCUT2D eigenvalue weighted by Gasteiger charge is -2.39. The first-order chi connectivity index (χ1) is 6.57. The van der Waals surface area contributed by atoms with Crippen molar-refractivity contribution in [1.29, 1.82) is 0 Å². The van der Waals surface area contributed by atoms with Crippen molar-refractivity contribution in [3.8, 4) is 0 Å². The highest BCUT2D eigenvalue weighted by molar-refractivity contribution is 14.1. The molecule has 1 saturated carbocycles. The number of benzene rings is 1. The minimum Gasteiger partial charge on any atom is -0.327 e. The molecule has 0 aromatic heterocycles. The van der Waals surface area contributed by atoms with Gasteiger partial charge in [-0.05, 0) is 53.1 Å². The summed E-state index contributed by atoms with van der Waals surface area (Å²) in [5.41, 5.74) is 5.62. The second-order valence-corrected chi connectivity index (χ2v) is 5.37. The van der Waals surface area contributed by atoms with E-state index in [2.05, 4.69) is 22.6 Å². The minimum absolute atomic E-state index is 0.0730. The summed E-state index contributed by atoms with van der Waals surface area (Å²) in [6.07, 6.45) is 1.54. The highest BCUT2D eigenvalue weighted by Crippen LogP contribution is 2.37. The fourth-order valence-electron chi connectivity index (χ4n) is 1.99. The van der Waals surface area contributed by atoms with Crippen molar-refractivity contribution in [1.82, 2.24) is 0 Å². The molecule has 14 heavy (non-hydrogen) atoms. The first-order valence-electron chi connectivity index (χ1n) is 4.76. The highest BCUT2D eigenvalue weighted by Gasteiger charge is 2.42. The Bertz CT molecular complexity index is 317. The molecule has 1 fully saturated rings. The average molecular weight is 305 g/mol. The Morgan fingerprint density at radius 3 is 2.43 bits per heavy atom. The Hall–Kier alpha value is -0.160. The molecule has 1 aliphatic carbocycles. The molecule has 0 unspecified atom stereocenters. The first-order valence-corrected chi connectivity index (χ1v) is 5.84. The van der Waals surface area contributed by atoms with Gasteiger partial charge in [0.05, 0.1) is 0 Å². The van der Waals surface area contributed by atoms with Gasteiger partial charge in [0, 0.05) is 16.0 Å². The van der Waals surface area contributed by atoms with Crippen LogP contribution in [0.2, 0.25) is 0 Å². The molecule has 1 nitrogen and oxygen atoms in total. The van der Waals surface area contributed by atoms with Gasteiger partial charge in [0.15, 0.2) is 0 Å². The third kappa shape index (κ3) is 2.25. The summed E-state index contributed by atoms with van der Waals surface area (Å²) in [5.74, 6) is 0. The van der Waals surface area contributed by atoms with E-state index in [1.807, 2.05) is 24.3 Å². The van der Waals surface area contributed by atoms with Gasteiger partial charge in [0.25, 0.3) is 0 Å². The van der Waals surface area contributed by atoms with E-state index < -0.39 is 5.67 Å². The van der Waals surface area contributed by atoms with Gasteiger partial charge < -0.3 is 5.73 Å². The largest absolute Gasteiger partial charge is 0.327 e. The van der Waals surface area contributed by atoms with Crippen molar-refractivity contribution < 1.29 is 4.39 Å². The normalized spacial score (nSPS) is 31.2. The Balaban J connectivity index is 2.01. The number of halogens is 2. The minimum atomic E-state index is -1.04. The molecule has 0 heterocycles. The first kappa shape index (κ1) is 10.4. The van der Waals surface area contributed by atoms with Crippen LogP contribution < -0.4 is 5.73 Å². The van der Waals surface area contributed by atoms with Gasteiger partial charge in [-0.25, -0.2) is 4.39 Å². The highest BCUT2D eigenvalue weighted by atomic mass is 127. The van der Waals surface area contributed by atoms with Gasteiger partial charge >= 0.3 is 0 Å². The predicted octanol–water partition coefficient (Wildman–Crippen LogP) is 2.66. The zero-order valence-electron chi connectivity index (χ0n) is 7.84. The van der Waals surface area contributed by atoms with E-state index >= 15 is 0 Å². The van der Waals surface area contributed by atoms with E-state index in [9.17, 15) is 4.39 Å². The van der Waals surface area contributed by atoms with E-state index in [0.717, 1.165) is 5.56 Å². The molecule has 3 heteroatoms. The molecule has 0 aliphatic heterocycles. The number of nitrogens with two attached hydrogens (primary N) is 1. The molecule has 2 rings (SSSR count). The molecule has 76 valence electrons. The maximum Gasteiger partial charge on any atom is 0.118 e. The summed E-state index contributed by atoms with van der Waals surface area (Å²) in [4.78, 5) is 0. The number of hydrogen-bond acceptors (Lipinski definition) is 1. The van der Waals surface area contributed by atoms with Gasteiger partial charge in [-0.2, -0.15) is 0 Å². The van der Waals surface area contributed by atoms with Gasteiger partial charge in [-0.15, -0.1) is 0 Å². The van der Waals surface area contributed by atoms with Crippen LogP contribution in [0.1, 0.15) is 18.4 Å². The SMILES string of the molecule is NC1CC(F)(Cc2ccc(I)cc2)C1. The molecule has 0 saturated heterocycles. The van der Waals surface area contributed by atoms with E-state index in [1.54, 1.807) is 0 Å². The molecular formula is C11H13FIN.